The summed E-state index contributed by atoms with van der Waals surface area (Å²) in [6.45, 7) is 0.572. The number of halogens is 1. The van der Waals surface area contributed by atoms with E-state index in [1.165, 1.54) is 0 Å². The molecule has 0 aliphatic carbocycles. The Kier molecular flexibility index (Phi) is 5.80. The summed E-state index contributed by atoms with van der Waals surface area (Å²) < 4.78 is 11.1. The Hall–Kier alpha value is -0.580. The van der Waals surface area contributed by atoms with E-state index in [4.69, 9.17) is 9.47 Å². The van der Waals surface area contributed by atoms with Gasteiger partial charge in [-0.05, 0) is 36.6 Å². The zero-order valence-corrected chi connectivity index (χ0v) is 11.2. The van der Waals surface area contributed by atoms with Crippen LogP contribution in [0.3, 0.4) is 0 Å². The minimum atomic E-state index is -0.386. The van der Waals surface area contributed by atoms with Gasteiger partial charge in [0.25, 0.3) is 0 Å². The molecule has 1 aromatic carbocycles. The molecule has 90 valence electrons. The number of aliphatic hydroxyl groups excluding tert-OH is 1. The first-order valence-electron chi connectivity index (χ1n) is 5.16. The average molecular weight is 289 g/mol. The quantitative estimate of drug-likeness (QED) is 0.874. The standard InChI is InChI=1S/C12H17BrO3/c1-15-6-5-10(14)7-9-8-11(16-2)3-4-12(9)13/h3-4,8,10,14H,5-7H2,1-2H3. The van der Waals surface area contributed by atoms with Crippen molar-refractivity contribution in [2.45, 2.75) is 18.9 Å². The maximum absolute atomic E-state index is 9.78. The number of ether oxygens (including phenoxy) is 2. The van der Waals surface area contributed by atoms with Crippen LogP contribution in [-0.2, 0) is 11.2 Å². The van der Waals surface area contributed by atoms with Crippen LogP contribution in [0.1, 0.15) is 12.0 Å². The Bertz CT molecular complexity index is 328. The minimum absolute atomic E-state index is 0.386. The van der Waals surface area contributed by atoms with Gasteiger partial charge in [-0.2, -0.15) is 0 Å². The molecule has 4 heteroatoms. The monoisotopic (exact) mass is 288 g/mol. The first kappa shape index (κ1) is 13.5. The average Bonchev–Trinajstić information content (AvgIpc) is 2.29. The van der Waals surface area contributed by atoms with Crippen molar-refractivity contribution < 1.29 is 14.6 Å². The third kappa shape index (κ3) is 4.12. The van der Waals surface area contributed by atoms with Gasteiger partial charge < -0.3 is 14.6 Å². The molecule has 0 aliphatic heterocycles. The van der Waals surface area contributed by atoms with E-state index < -0.39 is 0 Å². The molecule has 16 heavy (non-hydrogen) atoms. The molecule has 0 saturated heterocycles. The van der Waals surface area contributed by atoms with Gasteiger partial charge in [0.1, 0.15) is 5.75 Å². The Morgan fingerprint density at radius 2 is 2.12 bits per heavy atom. The largest absolute Gasteiger partial charge is 0.497 e. The Balaban J connectivity index is 2.64. The fourth-order valence-electron chi connectivity index (χ4n) is 1.44. The van der Waals surface area contributed by atoms with Crippen molar-refractivity contribution in [3.8, 4) is 5.75 Å². The maximum Gasteiger partial charge on any atom is 0.119 e. The molecule has 0 saturated carbocycles. The molecule has 3 nitrogen and oxygen atoms in total. The van der Waals surface area contributed by atoms with E-state index >= 15 is 0 Å². The van der Waals surface area contributed by atoms with Gasteiger partial charge in [-0.25, -0.2) is 0 Å². The summed E-state index contributed by atoms with van der Waals surface area (Å²) in [6, 6.07) is 5.74. The molecule has 0 aliphatic rings. The molecular formula is C12H17BrO3. The molecule has 1 unspecified atom stereocenters. The van der Waals surface area contributed by atoms with E-state index in [0.29, 0.717) is 19.4 Å². The molecule has 0 fully saturated rings. The van der Waals surface area contributed by atoms with Crippen molar-refractivity contribution in [3.05, 3.63) is 28.2 Å². The molecule has 0 heterocycles. The highest BCUT2D eigenvalue weighted by Gasteiger charge is 2.09. The van der Waals surface area contributed by atoms with E-state index in [-0.39, 0.29) is 6.10 Å². The summed E-state index contributed by atoms with van der Waals surface area (Å²) in [4.78, 5) is 0. The second-order valence-corrected chi connectivity index (χ2v) is 4.45. The molecule has 1 aromatic rings. The Morgan fingerprint density at radius 1 is 1.38 bits per heavy atom. The zero-order valence-electron chi connectivity index (χ0n) is 9.57. The summed E-state index contributed by atoms with van der Waals surface area (Å²) in [5, 5.41) is 9.78. The summed E-state index contributed by atoms with van der Waals surface area (Å²) in [7, 11) is 3.27. The van der Waals surface area contributed by atoms with Crippen LogP contribution in [0.5, 0.6) is 5.75 Å². The molecule has 0 radical (unpaired) electrons. The Morgan fingerprint density at radius 3 is 2.75 bits per heavy atom. The van der Waals surface area contributed by atoms with Crippen LogP contribution in [-0.4, -0.2) is 32.0 Å². The second-order valence-electron chi connectivity index (χ2n) is 3.60. The van der Waals surface area contributed by atoms with Crippen LogP contribution in [0, 0.1) is 0 Å². The number of aliphatic hydroxyl groups is 1. The van der Waals surface area contributed by atoms with Crippen molar-refractivity contribution in [1.29, 1.82) is 0 Å². The smallest absolute Gasteiger partial charge is 0.119 e. The number of rotatable bonds is 6. The molecule has 1 rings (SSSR count). The van der Waals surface area contributed by atoms with Crippen LogP contribution in [0.4, 0.5) is 0 Å². The summed E-state index contributed by atoms with van der Waals surface area (Å²) >= 11 is 3.46. The van der Waals surface area contributed by atoms with Gasteiger partial charge in [0.15, 0.2) is 0 Å². The fourth-order valence-corrected chi connectivity index (χ4v) is 1.85. The summed E-state index contributed by atoms with van der Waals surface area (Å²) in [5.41, 5.74) is 1.04. The number of hydrogen-bond acceptors (Lipinski definition) is 3. The van der Waals surface area contributed by atoms with Gasteiger partial charge in [0, 0.05) is 18.2 Å². The lowest BCUT2D eigenvalue weighted by Crippen LogP contribution is -2.13. The van der Waals surface area contributed by atoms with E-state index in [9.17, 15) is 5.11 Å². The predicted octanol–water partition coefficient (Wildman–Crippen LogP) is 2.40. The van der Waals surface area contributed by atoms with Gasteiger partial charge in [0.05, 0.1) is 13.2 Å². The molecule has 0 bridgehead atoms. The normalized spacial score (nSPS) is 12.5. The highest BCUT2D eigenvalue weighted by atomic mass is 79.9. The lowest BCUT2D eigenvalue weighted by Gasteiger charge is -2.12. The molecular weight excluding hydrogens is 272 g/mol. The van der Waals surface area contributed by atoms with E-state index in [1.807, 2.05) is 18.2 Å². The first-order chi connectivity index (χ1) is 7.67. The molecule has 0 aromatic heterocycles. The number of hydrogen-bond donors (Lipinski definition) is 1. The third-order valence-corrected chi connectivity index (χ3v) is 3.14. The van der Waals surface area contributed by atoms with Gasteiger partial charge >= 0.3 is 0 Å². The van der Waals surface area contributed by atoms with Crippen LogP contribution in [0.2, 0.25) is 0 Å². The molecule has 1 N–H and O–H groups in total. The van der Waals surface area contributed by atoms with Gasteiger partial charge in [0.2, 0.25) is 0 Å². The maximum atomic E-state index is 9.78. The van der Waals surface area contributed by atoms with Crippen molar-refractivity contribution in [2.24, 2.45) is 0 Å². The minimum Gasteiger partial charge on any atom is -0.497 e. The number of methoxy groups -OCH3 is 2. The van der Waals surface area contributed by atoms with Gasteiger partial charge in [-0.3, -0.25) is 0 Å². The topological polar surface area (TPSA) is 38.7 Å². The van der Waals surface area contributed by atoms with Crippen LogP contribution in [0.25, 0.3) is 0 Å². The lowest BCUT2D eigenvalue weighted by molar-refractivity contribution is 0.110. The van der Waals surface area contributed by atoms with Crippen molar-refractivity contribution in [3.63, 3.8) is 0 Å². The van der Waals surface area contributed by atoms with Crippen molar-refractivity contribution in [1.82, 2.24) is 0 Å². The Labute approximate surface area is 105 Å². The lowest BCUT2D eigenvalue weighted by atomic mass is 10.1. The van der Waals surface area contributed by atoms with Crippen molar-refractivity contribution in [2.75, 3.05) is 20.8 Å². The van der Waals surface area contributed by atoms with Crippen LogP contribution in [0.15, 0.2) is 22.7 Å². The van der Waals surface area contributed by atoms with Crippen molar-refractivity contribution >= 4 is 15.9 Å². The summed E-state index contributed by atoms with van der Waals surface area (Å²) in [6.07, 6.45) is 0.852. The number of benzene rings is 1. The second kappa shape index (κ2) is 6.89. The highest BCUT2D eigenvalue weighted by molar-refractivity contribution is 9.10. The molecule has 1 atom stereocenters. The fraction of sp³-hybridized carbons (Fsp3) is 0.500. The van der Waals surface area contributed by atoms with E-state index in [0.717, 1.165) is 15.8 Å². The highest BCUT2D eigenvalue weighted by Crippen LogP contribution is 2.24. The van der Waals surface area contributed by atoms with Crippen LogP contribution < -0.4 is 4.74 Å². The van der Waals surface area contributed by atoms with Crippen LogP contribution >= 0.6 is 15.9 Å². The molecule has 0 amide bonds. The van der Waals surface area contributed by atoms with Gasteiger partial charge in [-0.15, -0.1) is 0 Å². The first-order valence-corrected chi connectivity index (χ1v) is 5.96. The third-order valence-electron chi connectivity index (χ3n) is 2.36. The zero-order chi connectivity index (χ0) is 12.0. The SMILES string of the molecule is COCCC(O)Cc1cc(OC)ccc1Br. The van der Waals surface area contributed by atoms with Gasteiger partial charge in [-0.1, -0.05) is 15.9 Å². The molecule has 0 spiro atoms. The predicted molar refractivity (Wildman–Crippen MR) is 66.9 cm³/mol. The summed E-state index contributed by atoms with van der Waals surface area (Å²) in [5.74, 6) is 0.803. The van der Waals surface area contributed by atoms with E-state index in [2.05, 4.69) is 15.9 Å². The van der Waals surface area contributed by atoms with E-state index in [1.54, 1.807) is 14.2 Å².